The second-order valence-corrected chi connectivity index (χ2v) is 7.10. The molecule has 2 aromatic carbocycles. The monoisotopic (exact) mass is 346 g/mol. The smallest absolute Gasteiger partial charge is 0.263 e. The summed E-state index contributed by atoms with van der Waals surface area (Å²) in [6.07, 6.45) is 3.20. The van der Waals surface area contributed by atoms with Gasteiger partial charge in [0.2, 0.25) is 0 Å². The predicted molar refractivity (Wildman–Crippen MR) is 97.1 cm³/mol. The van der Waals surface area contributed by atoms with Gasteiger partial charge in [0, 0.05) is 0 Å². The third-order valence-corrected chi connectivity index (χ3v) is 5.39. The lowest BCUT2D eigenvalue weighted by Crippen LogP contribution is -2.40. The fourth-order valence-corrected chi connectivity index (χ4v) is 4.10. The highest BCUT2D eigenvalue weighted by molar-refractivity contribution is 6.26. The van der Waals surface area contributed by atoms with E-state index in [0.717, 1.165) is 30.5 Å². The zero-order valence-electron chi connectivity index (χ0n) is 14.4. The molecule has 6 nitrogen and oxygen atoms in total. The zero-order chi connectivity index (χ0) is 17.8. The number of anilines is 2. The molecule has 2 atom stereocenters. The van der Waals surface area contributed by atoms with Crippen LogP contribution in [0.1, 0.15) is 23.1 Å². The van der Waals surface area contributed by atoms with Crippen LogP contribution in [0.2, 0.25) is 0 Å². The summed E-state index contributed by atoms with van der Waals surface area (Å²) in [5, 5.41) is 9.79. The molecule has 2 aliphatic heterocycles. The molecule has 1 aliphatic carbocycles. The van der Waals surface area contributed by atoms with Gasteiger partial charge in [-0.25, -0.2) is 9.91 Å². The predicted octanol–water partition coefficient (Wildman–Crippen LogP) is 2.98. The van der Waals surface area contributed by atoms with E-state index >= 15 is 0 Å². The number of amides is 2. The van der Waals surface area contributed by atoms with Crippen LogP contribution in [0.15, 0.2) is 52.8 Å². The first-order valence-electron chi connectivity index (χ1n) is 8.90. The molecular formula is C20H18N4O2. The zero-order valence-corrected chi connectivity index (χ0v) is 14.4. The Bertz CT molecular complexity index is 968. The molecule has 6 heteroatoms. The minimum atomic E-state index is -0.767. The third-order valence-electron chi connectivity index (χ3n) is 5.39. The highest BCUT2D eigenvalue weighted by Crippen LogP contribution is 2.36. The van der Waals surface area contributed by atoms with Crippen LogP contribution in [0, 0.1) is 6.92 Å². The number of nitrogens with zero attached hydrogens (tertiary/aromatic N) is 4. The fourth-order valence-electron chi connectivity index (χ4n) is 4.10. The first-order valence-corrected chi connectivity index (χ1v) is 8.90. The Morgan fingerprint density at radius 3 is 2.65 bits per heavy atom. The van der Waals surface area contributed by atoms with Crippen molar-refractivity contribution in [3.8, 4) is 0 Å². The number of carbonyl (C=O) groups is 2. The maximum atomic E-state index is 13.1. The van der Waals surface area contributed by atoms with E-state index in [1.54, 1.807) is 5.01 Å². The lowest BCUT2D eigenvalue weighted by atomic mass is 10.1. The maximum Gasteiger partial charge on any atom is 0.263 e. The first-order chi connectivity index (χ1) is 12.6. The summed E-state index contributed by atoms with van der Waals surface area (Å²) < 4.78 is 0. The number of carbonyl (C=O) groups excluding carboxylic acids is 2. The van der Waals surface area contributed by atoms with Crippen LogP contribution < -0.4 is 9.91 Å². The molecule has 26 heavy (non-hydrogen) atoms. The summed E-state index contributed by atoms with van der Waals surface area (Å²) in [7, 11) is 0. The number of fused-ring (bicyclic) bond motifs is 2. The van der Waals surface area contributed by atoms with Crippen LogP contribution in [-0.4, -0.2) is 23.9 Å². The number of hydrogen-bond acceptors (Lipinski definition) is 5. The van der Waals surface area contributed by atoms with E-state index in [9.17, 15) is 9.59 Å². The van der Waals surface area contributed by atoms with Crippen molar-refractivity contribution in [1.29, 1.82) is 0 Å². The van der Waals surface area contributed by atoms with Gasteiger partial charge in [0.1, 0.15) is 0 Å². The lowest BCUT2D eigenvalue weighted by molar-refractivity contribution is -0.121. The van der Waals surface area contributed by atoms with E-state index < -0.39 is 12.1 Å². The number of aryl methyl sites for hydroxylation is 3. The van der Waals surface area contributed by atoms with E-state index in [-0.39, 0.29) is 11.8 Å². The van der Waals surface area contributed by atoms with Crippen molar-refractivity contribution in [3.63, 3.8) is 0 Å². The molecule has 2 aromatic rings. The number of rotatable bonds is 2. The SMILES string of the molecule is Cc1cccc(N2N=N[C@@H]3C(=O)N(c4ccc5c(c4)CCC5)C(=O)[C@H]32)c1. The van der Waals surface area contributed by atoms with Gasteiger partial charge in [0.05, 0.1) is 11.4 Å². The average molecular weight is 346 g/mol. The molecule has 2 amide bonds. The van der Waals surface area contributed by atoms with Crippen LogP contribution >= 0.6 is 0 Å². The van der Waals surface area contributed by atoms with Gasteiger partial charge < -0.3 is 0 Å². The highest BCUT2D eigenvalue weighted by atomic mass is 16.2. The van der Waals surface area contributed by atoms with Gasteiger partial charge in [-0.15, -0.1) is 0 Å². The average Bonchev–Trinajstić information content (AvgIpc) is 3.32. The minimum absolute atomic E-state index is 0.260. The maximum absolute atomic E-state index is 13.1. The molecule has 3 aliphatic rings. The Morgan fingerprint density at radius 1 is 0.962 bits per heavy atom. The molecule has 0 N–H and O–H groups in total. The summed E-state index contributed by atoms with van der Waals surface area (Å²) >= 11 is 0. The van der Waals surface area contributed by atoms with Crippen molar-refractivity contribution in [2.24, 2.45) is 10.3 Å². The highest BCUT2D eigenvalue weighted by Gasteiger charge is 2.55. The molecule has 0 radical (unpaired) electrons. The van der Waals surface area contributed by atoms with Crippen LogP contribution in [0.25, 0.3) is 0 Å². The number of imide groups is 1. The molecule has 0 unspecified atom stereocenters. The van der Waals surface area contributed by atoms with Crippen LogP contribution in [0.4, 0.5) is 11.4 Å². The second kappa shape index (κ2) is 5.49. The third kappa shape index (κ3) is 2.11. The Morgan fingerprint density at radius 2 is 1.81 bits per heavy atom. The molecule has 130 valence electrons. The van der Waals surface area contributed by atoms with Gasteiger partial charge in [0.15, 0.2) is 12.1 Å². The van der Waals surface area contributed by atoms with Crippen LogP contribution in [0.3, 0.4) is 0 Å². The van der Waals surface area contributed by atoms with Crippen molar-refractivity contribution in [2.45, 2.75) is 38.3 Å². The Labute approximate surface area is 151 Å². The Balaban J connectivity index is 1.51. The molecular weight excluding hydrogens is 328 g/mol. The fraction of sp³-hybridized carbons (Fsp3) is 0.300. The quantitative estimate of drug-likeness (QED) is 0.785. The van der Waals surface area contributed by atoms with Gasteiger partial charge in [-0.05, 0) is 67.1 Å². The summed E-state index contributed by atoms with van der Waals surface area (Å²) in [6, 6.07) is 12.1. The largest absolute Gasteiger partial charge is 0.271 e. The van der Waals surface area contributed by atoms with E-state index in [1.165, 1.54) is 16.0 Å². The number of hydrogen-bond donors (Lipinski definition) is 0. The second-order valence-electron chi connectivity index (χ2n) is 7.10. The van der Waals surface area contributed by atoms with Gasteiger partial charge in [-0.3, -0.25) is 9.59 Å². The van der Waals surface area contributed by atoms with Crippen molar-refractivity contribution in [3.05, 3.63) is 59.2 Å². The Kier molecular flexibility index (Phi) is 3.22. The van der Waals surface area contributed by atoms with Crippen molar-refractivity contribution >= 4 is 23.2 Å². The van der Waals surface area contributed by atoms with Crippen molar-refractivity contribution in [2.75, 3.05) is 9.91 Å². The molecule has 0 spiro atoms. The van der Waals surface area contributed by atoms with Gasteiger partial charge >= 0.3 is 0 Å². The topological polar surface area (TPSA) is 65.3 Å². The van der Waals surface area contributed by atoms with Crippen LogP contribution in [-0.2, 0) is 22.4 Å². The van der Waals surface area contributed by atoms with E-state index in [4.69, 9.17) is 0 Å². The lowest BCUT2D eigenvalue weighted by Gasteiger charge is -2.21. The van der Waals surface area contributed by atoms with Crippen LogP contribution in [0.5, 0.6) is 0 Å². The van der Waals surface area contributed by atoms with Gasteiger partial charge in [-0.1, -0.05) is 23.4 Å². The molecule has 0 bridgehead atoms. The normalized spacial score (nSPS) is 23.7. The van der Waals surface area contributed by atoms with E-state index in [0.29, 0.717) is 5.69 Å². The molecule has 2 heterocycles. The van der Waals surface area contributed by atoms with E-state index in [1.807, 2.05) is 49.4 Å². The van der Waals surface area contributed by atoms with Crippen molar-refractivity contribution < 1.29 is 9.59 Å². The summed E-state index contributed by atoms with van der Waals surface area (Å²) in [5.74, 6) is -0.554. The van der Waals surface area contributed by atoms with E-state index in [2.05, 4.69) is 10.3 Å². The summed E-state index contributed by atoms with van der Waals surface area (Å²) in [6.45, 7) is 1.98. The molecule has 0 aromatic heterocycles. The summed E-state index contributed by atoms with van der Waals surface area (Å²) in [4.78, 5) is 27.3. The molecule has 1 saturated heterocycles. The Hall–Kier alpha value is -3.02. The number of benzene rings is 2. The van der Waals surface area contributed by atoms with Gasteiger partial charge in [-0.2, -0.15) is 5.11 Å². The summed E-state index contributed by atoms with van der Waals surface area (Å²) in [5.41, 5.74) is 5.03. The molecule has 5 rings (SSSR count). The first kappa shape index (κ1) is 15.3. The standard InChI is InChI=1S/C20H18N4O2/c1-12-4-2-7-16(10-12)24-18-17(21-22-24)19(25)23(20(18)26)15-9-8-13-5-3-6-14(13)11-15/h2,4,7-11,17-18H,3,5-6H2,1H3/t17-,18-/m0/s1. The molecule has 1 fully saturated rings. The van der Waals surface area contributed by atoms with Crippen molar-refractivity contribution in [1.82, 2.24) is 0 Å². The van der Waals surface area contributed by atoms with Gasteiger partial charge in [0.25, 0.3) is 11.8 Å². The minimum Gasteiger partial charge on any atom is -0.271 e. The molecule has 0 saturated carbocycles.